The van der Waals surface area contributed by atoms with Crippen LogP contribution in [0.5, 0.6) is 0 Å². The maximum Gasteiger partial charge on any atom is 0.180 e. The SMILES string of the molecule is Cl.Nc1ncc(CN2CCN(CCc3cccs3)CC2)s1. The van der Waals surface area contributed by atoms with Crippen LogP contribution in [0.1, 0.15) is 9.75 Å². The van der Waals surface area contributed by atoms with E-state index < -0.39 is 0 Å². The first-order valence-corrected chi connectivity index (χ1v) is 8.66. The zero-order chi connectivity index (χ0) is 13.8. The third-order valence-electron chi connectivity index (χ3n) is 3.67. The summed E-state index contributed by atoms with van der Waals surface area (Å²) >= 11 is 3.47. The van der Waals surface area contributed by atoms with E-state index in [2.05, 4.69) is 32.3 Å². The molecule has 1 fully saturated rings. The van der Waals surface area contributed by atoms with Gasteiger partial charge in [-0.25, -0.2) is 4.98 Å². The van der Waals surface area contributed by atoms with Crippen LogP contribution < -0.4 is 5.73 Å². The van der Waals surface area contributed by atoms with Gasteiger partial charge >= 0.3 is 0 Å². The predicted molar refractivity (Wildman–Crippen MR) is 93.5 cm³/mol. The van der Waals surface area contributed by atoms with Crippen molar-refractivity contribution >= 4 is 40.2 Å². The van der Waals surface area contributed by atoms with Gasteiger partial charge in [0.1, 0.15) is 0 Å². The molecule has 0 aromatic carbocycles. The lowest BCUT2D eigenvalue weighted by Gasteiger charge is -2.34. The van der Waals surface area contributed by atoms with E-state index in [1.165, 1.54) is 35.8 Å². The minimum atomic E-state index is 0. The van der Waals surface area contributed by atoms with E-state index in [9.17, 15) is 0 Å². The van der Waals surface area contributed by atoms with Crippen LogP contribution in [-0.4, -0.2) is 47.5 Å². The van der Waals surface area contributed by atoms with E-state index in [0.717, 1.165) is 19.6 Å². The molecule has 0 atom stereocenters. The number of aromatic nitrogens is 1. The fourth-order valence-corrected chi connectivity index (χ4v) is 3.94. The summed E-state index contributed by atoms with van der Waals surface area (Å²) in [4.78, 5) is 11.9. The van der Waals surface area contributed by atoms with E-state index in [0.29, 0.717) is 5.13 Å². The van der Waals surface area contributed by atoms with Crippen molar-refractivity contribution in [3.8, 4) is 0 Å². The highest BCUT2D eigenvalue weighted by Crippen LogP contribution is 2.17. The van der Waals surface area contributed by atoms with Gasteiger partial charge in [-0.15, -0.1) is 35.1 Å². The van der Waals surface area contributed by atoms with E-state index in [1.807, 2.05) is 17.5 Å². The second kappa shape index (κ2) is 8.10. The molecule has 1 aliphatic rings. The van der Waals surface area contributed by atoms with Gasteiger partial charge in [-0.2, -0.15) is 0 Å². The minimum absolute atomic E-state index is 0. The molecule has 0 spiro atoms. The number of nitrogen functional groups attached to an aromatic ring is 1. The summed E-state index contributed by atoms with van der Waals surface area (Å²) in [7, 11) is 0. The average molecular weight is 345 g/mol. The number of nitrogens with two attached hydrogens (primary N) is 1. The quantitative estimate of drug-likeness (QED) is 0.905. The Labute approximate surface area is 140 Å². The third-order valence-corrected chi connectivity index (χ3v) is 5.42. The van der Waals surface area contributed by atoms with Gasteiger partial charge in [-0.1, -0.05) is 6.07 Å². The van der Waals surface area contributed by atoms with Gasteiger partial charge in [0.05, 0.1) is 0 Å². The van der Waals surface area contributed by atoms with E-state index in [1.54, 1.807) is 11.3 Å². The molecule has 116 valence electrons. The van der Waals surface area contributed by atoms with Crippen molar-refractivity contribution in [2.45, 2.75) is 13.0 Å². The Kier molecular flexibility index (Phi) is 6.44. The van der Waals surface area contributed by atoms with Crippen LogP contribution in [0, 0.1) is 0 Å². The summed E-state index contributed by atoms with van der Waals surface area (Å²) < 4.78 is 0. The molecule has 0 radical (unpaired) electrons. The summed E-state index contributed by atoms with van der Waals surface area (Å²) in [5.74, 6) is 0. The molecule has 2 aromatic rings. The van der Waals surface area contributed by atoms with Crippen molar-refractivity contribution in [2.75, 3.05) is 38.5 Å². The van der Waals surface area contributed by atoms with Crippen LogP contribution in [0.15, 0.2) is 23.7 Å². The lowest BCUT2D eigenvalue weighted by Crippen LogP contribution is -2.46. The van der Waals surface area contributed by atoms with Crippen molar-refractivity contribution in [1.82, 2.24) is 14.8 Å². The maximum atomic E-state index is 5.67. The molecule has 0 unspecified atom stereocenters. The third kappa shape index (κ3) is 4.93. The van der Waals surface area contributed by atoms with Gasteiger partial charge in [0.2, 0.25) is 0 Å². The molecule has 0 aliphatic carbocycles. The number of thiazole rings is 1. The first-order chi connectivity index (χ1) is 9.79. The Morgan fingerprint density at radius 2 is 1.90 bits per heavy atom. The summed E-state index contributed by atoms with van der Waals surface area (Å²) in [6.45, 7) is 6.79. The van der Waals surface area contributed by atoms with Crippen LogP contribution in [0.25, 0.3) is 0 Å². The van der Waals surface area contributed by atoms with Gasteiger partial charge in [0, 0.05) is 55.2 Å². The fourth-order valence-electron chi connectivity index (χ4n) is 2.51. The number of nitrogens with zero attached hydrogens (tertiary/aromatic N) is 3. The largest absolute Gasteiger partial charge is 0.375 e. The molecule has 0 saturated carbocycles. The molecular weight excluding hydrogens is 324 g/mol. The van der Waals surface area contributed by atoms with Crippen molar-refractivity contribution in [1.29, 1.82) is 0 Å². The molecule has 2 aromatic heterocycles. The summed E-state index contributed by atoms with van der Waals surface area (Å²) in [5.41, 5.74) is 5.67. The summed E-state index contributed by atoms with van der Waals surface area (Å²) in [5, 5.41) is 2.84. The summed E-state index contributed by atoms with van der Waals surface area (Å²) in [6.07, 6.45) is 3.09. The number of anilines is 1. The molecule has 2 N–H and O–H groups in total. The summed E-state index contributed by atoms with van der Waals surface area (Å²) in [6, 6.07) is 4.37. The molecule has 0 bridgehead atoms. The Morgan fingerprint density at radius 1 is 1.14 bits per heavy atom. The topological polar surface area (TPSA) is 45.4 Å². The second-order valence-electron chi connectivity index (χ2n) is 5.11. The molecular formula is C14H21ClN4S2. The molecule has 4 nitrogen and oxygen atoms in total. The Bertz CT molecular complexity index is 521. The maximum absolute atomic E-state index is 5.67. The zero-order valence-corrected chi connectivity index (χ0v) is 14.4. The minimum Gasteiger partial charge on any atom is -0.375 e. The number of rotatable bonds is 5. The molecule has 7 heteroatoms. The van der Waals surface area contributed by atoms with E-state index >= 15 is 0 Å². The molecule has 21 heavy (non-hydrogen) atoms. The monoisotopic (exact) mass is 344 g/mol. The molecule has 3 heterocycles. The number of piperazine rings is 1. The van der Waals surface area contributed by atoms with E-state index in [4.69, 9.17) is 5.73 Å². The van der Waals surface area contributed by atoms with Crippen molar-refractivity contribution in [2.24, 2.45) is 0 Å². The lowest BCUT2D eigenvalue weighted by atomic mass is 10.2. The first kappa shape index (κ1) is 16.7. The van der Waals surface area contributed by atoms with Gasteiger partial charge < -0.3 is 10.6 Å². The number of hydrogen-bond donors (Lipinski definition) is 1. The lowest BCUT2D eigenvalue weighted by molar-refractivity contribution is 0.129. The number of thiophene rings is 1. The Balaban J connectivity index is 0.00000161. The van der Waals surface area contributed by atoms with Gasteiger partial charge in [-0.3, -0.25) is 4.90 Å². The van der Waals surface area contributed by atoms with Gasteiger partial charge in [0.15, 0.2) is 5.13 Å². The molecule has 1 aliphatic heterocycles. The second-order valence-corrected chi connectivity index (χ2v) is 7.29. The number of hydrogen-bond acceptors (Lipinski definition) is 6. The van der Waals surface area contributed by atoms with E-state index in [-0.39, 0.29) is 12.4 Å². The highest BCUT2D eigenvalue weighted by molar-refractivity contribution is 7.15. The van der Waals surface area contributed by atoms with Crippen LogP contribution >= 0.6 is 35.1 Å². The van der Waals surface area contributed by atoms with Crippen molar-refractivity contribution in [3.63, 3.8) is 0 Å². The number of halogens is 1. The van der Waals surface area contributed by atoms with Gasteiger partial charge in [-0.05, 0) is 17.9 Å². The highest BCUT2D eigenvalue weighted by Gasteiger charge is 2.17. The van der Waals surface area contributed by atoms with Gasteiger partial charge in [0.25, 0.3) is 0 Å². The standard InChI is InChI=1S/C14H20N4S2.ClH/c15-14-16-10-13(20-14)11-18-7-5-17(6-8-18)4-3-12-2-1-9-19-12;/h1-2,9-10H,3-8,11H2,(H2,15,16);1H. The molecule has 0 amide bonds. The predicted octanol–water partition coefficient (Wildman–Crippen LogP) is 2.57. The normalized spacial score (nSPS) is 16.8. The Morgan fingerprint density at radius 3 is 2.52 bits per heavy atom. The van der Waals surface area contributed by atoms with Crippen LogP contribution in [0.3, 0.4) is 0 Å². The Hall–Kier alpha value is -0.660. The van der Waals surface area contributed by atoms with Crippen molar-refractivity contribution < 1.29 is 0 Å². The van der Waals surface area contributed by atoms with Crippen LogP contribution in [0.4, 0.5) is 5.13 Å². The molecule has 3 rings (SSSR count). The fraction of sp³-hybridized carbons (Fsp3) is 0.500. The first-order valence-electron chi connectivity index (χ1n) is 6.97. The highest BCUT2D eigenvalue weighted by atomic mass is 35.5. The van der Waals surface area contributed by atoms with Crippen LogP contribution in [-0.2, 0) is 13.0 Å². The van der Waals surface area contributed by atoms with Crippen molar-refractivity contribution in [3.05, 3.63) is 33.5 Å². The smallest absolute Gasteiger partial charge is 0.180 e. The zero-order valence-electron chi connectivity index (χ0n) is 11.9. The van der Waals surface area contributed by atoms with Crippen LogP contribution in [0.2, 0.25) is 0 Å². The molecule has 1 saturated heterocycles. The average Bonchev–Trinajstić information content (AvgIpc) is 3.10.